The zero-order valence-electron chi connectivity index (χ0n) is 13.5. The highest BCUT2D eigenvalue weighted by Crippen LogP contribution is 2.16. The SMILES string of the molecule is CCNC(=NCc1sccc1C)NCCc1cccc(O)c1.I. The predicted octanol–water partition coefficient (Wildman–Crippen LogP) is 3.68. The standard InChI is InChI=1S/C17H23N3OS.HI/c1-3-18-17(20-12-16-13(2)8-10-22-16)19-9-7-14-5-4-6-15(21)11-14;/h4-6,8,10-11,21H,3,7,9,12H2,1-2H3,(H2,18,19,20);1H. The van der Waals surface area contributed by atoms with E-state index in [1.807, 2.05) is 12.1 Å². The zero-order valence-corrected chi connectivity index (χ0v) is 16.7. The maximum atomic E-state index is 9.47. The van der Waals surface area contributed by atoms with Gasteiger partial charge in [-0.3, -0.25) is 0 Å². The lowest BCUT2D eigenvalue weighted by Crippen LogP contribution is -2.38. The van der Waals surface area contributed by atoms with Crippen LogP contribution in [0, 0.1) is 6.92 Å². The molecule has 2 aromatic rings. The van der Waals surface area contributed by atoms with Crippen LogP contribution in [-0.2, 0) is 13.0 Å². The van der Waals surface area contributed by atoms with Crippen LogP contribution in [0.25, 0.3) is 0 Å². The molecule has 0 aliphatic heterocycles. The molecule has 1 heterocycles. The summed E-state index contributed by atoms with van der Waals surface area (Å²) in [6.07, 6.45) is 0.844. The van der Waals surface area contributed by atoms with Gasteiger partial charge in [0.25, 0.3) is 0 Å². The van der Waals surface area contributed by atoms with Crippen molar-refractivity contribution in [1.29, 1.82) is 0 Å². The van der Waals surface area contributed by atoms with Gasteiger partial charge in [-0.15, -0.1) is 35.3 Å². The molecule has 0 saturated heterocycles. The molecule has 0 amide bonds. The van der Waals surface area contributed by atoms with Gasteiger partial charge in [0.1, 0.15) is 5.75 Å². The molecule has 126 valence electrons. The minimum Gasteiger partial charge on any atom is -0.508 e. The first-order valence-electron chi connectivity index (χ1n) is 7.52. The predicted molar refractivity (Wildman–Crippen MR) is 109 cm³/mol. The van der Waals surface area contributed by atoms with Crippen LogP contribution >= 0.6 is 35.3 Å². The number of hydrogen-bond donors (Lipinski definition) is 3. The molecule has 2 rings (SSSR count). The highest BCUT2D eigenvalue weighted by Gasteiger charge is 2.01. The molecule has 0 fully saturated rings. The molecule has 0 atom stereocenters. The van der Waals surface area contributed by atoms with Crippen molar-refractivity contribution in [3.63, 3.8) is 0 Å². The number of phenolic OH excluding ortho intramolecular Hbond substituents is 1. The van der Waals surface area contributed by atoms with Gasteiger partial charge >= 0.3 is 0 Å². The number of phenols is 1. The lowest BCUT2D eigenvalue weighted by atomic mass is 10.1. The Balaban J connectivity index is 0.00000264. The summed E-state index contributed by atoms with van der Waals surface area (Å²) in [7, 11) is 0. The first-order valence-corrected chi connectivity index (χ1v) is 8.40. The van der Waals surface area contributed by atoms with Gasteiger partial charge in [0.15, 0.2) is 5.96 Å². The van der Waals surface area contributed by atoms with E-state index in [0.29, 0.717) is 12.3 Å². The summed E-state index contributed by atoms with van der Waals surface area (Å²) in [6.45, 7) is 6.48. The number of hydrogen-bond acceptors (Lipinski definition) is 3. The molecule has 0 unspecified atom stereocenters. The Kier molecular flexibility index (Phi) is 9.01. The Hall–Kier alpha value is -1.28. The second-order valence-electron chi connectivity index (χ2n) is 5.07. The van der Waals surface area contributed by atoms with Gasteiger partial charge in [0.05, 0.1) is 6.54 Å². The third-order valence-corrected chi connectivity index (χ3v) is 4.32. The van der Waals surface area contributed by atoms with Crippen LogP contribution in [0.2, 0.25) is 0 Å². The zero-order chi connectivity index (χ0) is 15.8. The van der Waals surface area contributed by atoms with Crippen molar-refractivity contribution >= 4 is 41.3 Å². The van der Waals surface area contributed by atoms with Crippen LogP contribution in [0.15, 0.2) is 40.7 Å². The van der Waals surface area contributed by atoms with E-state index in [2.05, 4.69) is 40.9 Å². The van der Waals surface area contributed by atoms with Crippen molar-refractivity contribution in [2.75, 3.05) is 13.1 Å². The van der Waals surface area contributed by atoms with Crippen LogP contribution < -0.4 is 10.6 Å². The number of halogens is 1. The number of nitrogens with one attached hydrogen (secondary N) is 2. The third kappa shape index (κ3) is 6.78. The molecule has 1 aromatic carbocycles. The fraction of sp³-hybridized carbons (Fsp3) is 0.353. The normalized spacial score (nSPS) is 11.0. The molecule has 23 heavy (non-hydrogen) atoms. The highest BCUT2D eigenvalue weighted by molar-refractivity contribution is 14.0. The molecular formula is C17H24IN3OS. The fourth-order valence-electron chi connectivity index (χ4n) is 2.10. The first-order chi connectivity index (χ1) is 10.7. The Labute approximate surface area is 159 Å². The van der Waals surface area contributed by atoms with Crippen LogP contribution in [0.1, 0.15) is 22.9 Å². The molecule has 0 aliphatic rings. The molecular weight excluding hydrogens is 421 g/mol. The Morgan fingerprint density at radius 1 is 1.26 bits per heavy atom. The minimum absolute atomic E-state index is 0. The van der Waals surface area contributed by atoms with Crippen LogP contribution in [-0.4, -0.2) is 24.2 Å². The van der Waals surface area contributed by atoms with Crippen molar-refractivity contribution in [3.8, 4) is 5.75 Å². The van der Waals surface area contributed by atoms with Gasteiger partial charge in [-0.1, -0.05) is 12.1 Å². The Morgan fingerprint density at radius 2 is 2.09 bits per heavy atom. The number of nitrogens with zero attached hydrogens (tertiary/aromatic N) is 1. The number of guanidine groups is 1. The molecule has 0 bridgehead atoms. The molecule has 0 radical (unpaired) electrons. The maximum absolute atomic E-state index is 9.47. The van der Waals surface area contributed by atoms with E-state index in [1.54, 1.807) is 23.5 Å². The molecule has 4 nitrogen and oxygen atoms in total. The first kappa shape index (κ1) is 19.8. The minimum atomic E-state index is 0. The molecule has 0 spiro atoms. The number of rotatable bonds is 6. The average Bonchev–Trinajstić information content (AvgIpc) is 2.90. The van der Waals surface area contributed by atoms with E-state index < -0.39 is 0 Å². The van der Waals surface area contributed by atoms with Crippen molar-refractivity contribution in [2.45, 2.75) is 26.8 Å². The number of thiophene rings is 1. The van der Waals surface area contributed by atoms with Crippen molar-refractivity contribution in [3.05, 3.63) is 51.7 Å². The fourth-order valence-corrected chi connectivity index (χ4v) is 2.93. The monoisotopic (exact) mass is 445 g/mol. The highest BCUT2D eigenvalue weighted by atomic mass is 127. The van der Waals surface area contributed by atoms with Crippen molar-refractivity contribution in [1.82, 2.24) is 10.6 Å². The summed E-state index contributed by atoms with van der Waals surface area (Å²) in [4.78, 5) is 5.92. The molecule has 0 saturated carbocycles. The van der Waals surface area contributed by atoms with E-state index in [-0.39, 0.29) is 24.0 Å². The molecule has 0 aliphatic carbocycles. The van der Waals surface area contributed by atoms with E-state index in [0.717, 1.165) is 31.0 Å². The quantitative estimate of drug-likeness (QED) is 0.361. The summed E-state index contributed by atoms with van der Waals surface area (Å²) in [6, 6.07) is 9.48. The maximum Gasteiger partial charge on any atom is 0.191 e. The van der Waals surface area contributed by atoms with Crippen LogP contribution in [0.4, 0.5) is 0 Å². The summed E-state index contributed by atoms with van der Waals surface area (Å²) in [5.74, 6) is 1.14. The molecule has 1 aromatic heterocycles. The lowest BCUT2D eigenvalue weighted by Gasteiger charge is -2.11. The summed E-state index contributed by atoms with van der Waals surface area (Å²) in [5, 5.41) is 18.2. The van der Waals surface area contributed by atoms with E-state index in [9.17, 15) is 5.11 Å². The van der Waals surface area contributed by atoms with E-state index in [4.69, 9.17) is 0 Å². The smallest absolute Gasteiger partial charge is 0.191 e. The molecule has 3 N–H and O–H groups in total. The largest absolute Gasteiger partial charge is 0.508 e. The van der Waals surface area contributed by atoms with Crippen molar-refractivity contribution < 1.29 is 5.11 Å². The van der Waals surface area contributed by atoms with Gasteiger partial charge in [0.2, 0.25) is 0 Å². The van der Waals surface area contributed by atoms with Gasteiger partial charge in [0, 0.05) is 18.0 Å². The van der Waals surface area contributed by atoms with Crippen molar-refractivity contribution in [2.24, 2.45) is 4.99 Å². The van der Waals surface area contributed by atoms with Crippen LogP contribution in [0.5, 0.6) is 5.75 Å². The summed E-state index contributed by atoms with van der Waals surface area (Å²) >= 11 is 1.74. The van der Waals surface area contributed by atoms with Gasteiger partial charge < -0.3 is 15.7 Å². The Bertz CT molecular complexity index is 628. The van der Waals surface area contributed by atoms with Gasteiger partial charge in [-0.25, -0.2) is 4.99 Å². The average molecular weight is 445 g/mol. The topological polar surface area (TPSA) is 56.7 Å². The summed E-state index contributed by atoms with van der Waals surface area (Å²) in [5.41, 5.74) is 2.40. The second-order valence-corrected chi connectivity index (χ2v) is 6.07. The molecule has 6 heteroatoms. The third-order valence-electron chi connectivity index (χ3n) is 3.31. The van der Waals surface area contributed by atoms with Gasteiger partial charge in [-0.05, 0) is 55.0 Å². The number of aryl methyl sites for hydroxylation is 1. The number of aliphatic imine (C=N–C) groups is 1. The van der Waals surface area contributed by atoms with E-state index >= 15 is 0 Å². The second kappa shape index (κ2) is 10.5. The number of aromatic hydroxyl groups is 1. The van der Waals surface area contributed by atoms with Gasteiger partial charge in [-0.2, -0.15) is 0 Å². The lowest BCUT2D eigenvalue weighted by molar-refractivity contribution is 0.474. The van der Waals surface area contributed by atoms with Crippen LogP contribution in [0.3, 0.4) is 0 Å². The summed E-state index contributed by atoms with van der Waals surface area (Å²) < 4.78 is 0. The Morgan fingerprint density at radius 3 is 2.74 bits per heavy atom. The van der Waals surface area contributed by atoms with E-state index in [1.165, 1.54) is 10.4 Å². The number of benzene rings is 1.